The number of aromatic amines is 1. The Morgan fingerprint density at radius 3 is 2.64 bits per heavy atom. The van der Waals surface area contributed by atoms with Gasteiger partial charge in [-0.05, 0) is 56.0 Å². The first-order valence-corrected chi connectivity index (χ1v) is 13.0. The maximum atomic E-state index is 9.71. The number of nitriles is 1. The van der Waals surface area contributed by atoms with Gasteiger partial charge in [-0.2, -0.15) is 5.26 Å². The Labute approximate surface area is 200 Å². The molecular weight excluding hydrogens is 428 g/mol. The van der Waals surface area contributed by atoms with Crippen LogP contribution in [0.15, 0.2) is 41.6 Å². The molecule has 33 heavy (non-hydrogen) atoms. The van der Waals surface area contributed by atoms with Crippen LogP contribution in [0, 0.1) is 18.3 Å². The van der Waals surface area contributed by atoms with E-state index in [0.717, 1.165) is 73.5 Å². The van der Waals surface area contributed by atoms with Crippen molar-refractivity contribution in [2.75, 3.05) is 61.4 Å². The van der Waals surface area contributed by atoms with E-state index in [2.05, 4.69) is 56.1 Å². The zero-order chi connectivity index (χ0) is 22.6. The monoisotopic (exact) mass is 460 g/mol. The topological polar surface area (TPSA) is 62.2 Å². The molecule has 4 heterocycles. The number of piperidine rings is 1. The molecule has 0 bridgehead atoms. The summed E-state index contributed by atoms with van der Waals surface area (Å²) < 4.78 is 0. The van der Waals surface area contributed by atoms with Gasteiger partial charge in [0.15, 0.2) is 0 Å². The van der Waals surface area contributed by atoms with E-state index in [1.807, 2.05) is 13.1 Å². The lowest BCUT2D eigenvalue weighted by Crippen LogP contribution is -2.47. The van der Waals surface area contributed by atoms with E-state index in [0.29, 0.717) is 0 Å². The molecule has 172 valence electrons. The van der Waals surface area contributed by atoms with Crippen molar-refractivity contribution in [3.63, 3.8) is 0 Å². The second-order valence-electron chi connectivity index (χ2n) is 9.03. The molecule has 6 nitrogen and oxygen atoms in total. The van der Waals surface area contributed by atoms with Gasteiger partial charge >= 0.3 is 0 Å². The summed E-state index contributed by atoms with van der Waals surface area (Å²) in [5.41, 5.74) is 4.32. The molecule has 1 N–H and O–H groups in total. The number of pyridine rings is 1. The molecule has 0 unspecified atom stereocenters. The molecule has 2 fully saturated rings. The smallest absolute Gasteiger partial charge is 0.130 e. The fourth-order valence-corrected chi connectivity index (χ4v) is 6.03. The lowest BCUT2D eigenvalue weighted by molar-refractivity contribution is 0.273. The largest absolute Gasteiger partial charge is 0.368 e. The van der Waals surface area contributed by atoms with Crippen molar-refractivity contribution in [1.82, 2.24) is 14.9 Å². The van der Waals surface area contributed by atoms with Crippen LogP contribution in [-0.2, 0) is 0 Å². The number of fused-ring (bicyclic) bond motifs is 1. The molecule has 0 radical (unpaired) electrons. The number of hydrogen-bond donors (Lipinski definition) is 1. The van der Waals surface area contributed by atoms with E-state index in [1.165, 1.54) is 35.9 Å². The number of H-pyrrole nitrogens is 1. The van der Waals surface area contributed by atoms with Crippen LogP contribution < -0.4 is 9.80 Å². The minimum Gasteiger partial charge on any atom is -0.368 e. The highest BCUT2D eigenvalue weighted by Crippen LogP contribution is 2.29. The zero-order valence-corrected chi connectivity index (χ0v) is 20.2. The fourth-order valence-electron chi connectivity index (χ4n) is 4.98. The normalized spacial score (nSPS) is 17.5. The number of anilines is 2. The lowest BCUT2D eigenvalue weighted by atomic mass is 10.1. The molecule has 0 aliphatic carbocycles. The summed E-state index contributed by atoms with van der Waals surface area (Å²) >= 11 is 1.74. The van der Waals surface area contributed by atoms with E-state index < -0.39 is 0 Å². The van der Waals surface area contributed by atoms with Crippen LogP contribution in [0.1, 0.15) is 30.4 Å². The molecule has 0 amide bonds. The van der Waals surface area contributed by atoms with Gasteiger partial charge in [0.1, 0.15) is 16.9 Å². The van der Waals surface area contributed by atoms with Gasteiger partial charge < -0.3 is 14.8 Å². The maximum Gasteiger partial charge on any atom is 0.130 e. The Kier molecular flexibility index (Phi) is 6.75. The summed E-state index contributed by atoms with van der Waals surface area (Å²) in [5, 5.41) is 11.9. The van der Waals surface area contributed by atoms with Crippen molar-refractivity contribution in [1.29, 1.82) is 5.26 Å². The Balaban J connectivity index is 1.18. The first-order valence-electron chi connectivity index (χ1n) is 12.1. The predicted molar refractivity (Wildman–Crippen MR) is 137 cm³/mol. The summed E-state index contributed by atoms with van der Waals surface area (Å²) in [6.45, 7) is 9.42. The molecule has 2 aliphatic heterocycles. The zero-order valence-electron chi connectivity index (χ0n) is 19.4. The van der Waals surface area contributed by atoms with Crippen molar-refractivity contribution < 1.29 is 0 Å². The Morgan fingerprint density at radius 2 is 1.85 bits per heavy atom. The Bertz CT molecular complexity index is 1140. The first kappa shape index (κ1) is 22.1. The summed E-state index contributed by atoms with van der Waals surface area (Å²) in [6.07, 6.45) is 5.79. The molecule has 2 saturated heterocycles. The highest BCUT2D eigenvalue weighted by atomic mass is 32.2. The number of nitrogens with one attached hydrogen (secondary N) is 1. The molecule has 2 aromatic heterocycles. The summed E-state index contributed by atoms with van der Waals surface area (Å²) in [5.74, 6) is 2.00. The molecule has 0 saturated carbocycles. The van der Waals surface area contributed by atoms with E-state index in [4.69, 9.17) is 4.98 Å². The van der Waals surface area contributed by atoms with Gasteiger partial charge in [0, 0.05) is 74.4 Å². The van der Waals surface area contributed by atoms with Crippen molar-refractivity contribution >= 4 is 34.2 Å². The van der Waals surface area contributed by atoms with Crippen LogP contribution in [0.3, 0.4) is 0 Å². The van der Waals surface area contributed by atoms with Crippen molar-refractivity contribution in [3.8, 4) is 6.07 Å². The molecule has 1 aromatic carbocycles. The third-order valence-electron chi connectivity index (χ3n) is 6.89. The number of thioether (sulfide) groups is 1. The maximum absolute atomic E-state index is 9.71. The highest BCUT2D eigenvalue weighted by Gasteiger charge is 2.20. The summed E-state index contributed by atoms with van der Waals surface area (Å²) in [6, 6.07) is 13.2. The number of aromatic nitrogens is 2. The second-order valence-corrected chi connectivity index (χ2v) is 10.1. The molecule has 7 heteroatoms. The molecule has 2 aliphatic rings. The number of piperazine rings is 1. The predicted octanol–water partition coefficient (Wildman–Crippen LogP) is 4.65. The van der Waals surface area contributed by atoms with Crippen LogP contribution in [0.4, 0.5) is 11.5 Å². The molecule has 3 aromatic rings. The molecule has 0 atom stereocenters. The minimum atomic E-state index is 0.741. The van der Waals surface area contributed by atoms with E-state index >= 15 is 0 Å². The van der Waals surface area contributed by atoms with Crippen LogP contribution in [0.25, 0.3) is 10.9 Å². The van der Waals surface area contributed by atoms with E-state index in [1.54, 1.807) is 11.8 Å². The molecule has 0 spiro atoms. The van der Waals surface area contributed by atoms with Crippen molar-refractivity contribution in [3.05, 3.63) is 47.7 Å². The number of aryl methyl sites for hydroxylation is 1. The average molecular weight is 461 g/mol. The van der Waals surface area contributed by atoms with Crippen LogP contribution in [0.2, 0.25) is 0 Å². The average Bonchev–Trinajstić information content (AvgIpc) is 3.34. The number of rotatable bonds is 6. The third kappa shape index (κ3) is 4.83. The third-order valence-corrected chi connectivity index (χ3v) is 7.85. The highest BCUT2D eigenvalue weighted by molar-refractivity contribution is 7.99. The van der Waals surface area contributed by atoms with Crippen molar-refractivity contribution in [2.45, 2.75) is 31.2 Å². The van der Waals surface area contributed by atoms with Gasteiger partial charge in [-0.25, -0.2) is 4.98 Å². The van der Waals surface area contributed by atoms with Gasteiger partial charge in [0.2, 0.25) is 0 Å². The van der Waals surface area contributed by atoms with E-state index in [9.17, 15) is 5.26 Å². The number of hydrogen-bond acceptors (Lipinski definition) is 6. The quantitative estimate of drug-likeness (QED) is 0.541. The SMILES string of the molecule is Cc1cc(N2CCCCC2)nc(SCCN2CCN(c3cccc4[nH]ccc34)CC2)c1C#N. The minimum absolute atomic E-state index is 0.741. The van der Waals surface area contributed by atoms with Gasteiger partial charge in [-0.15, -0.1) is 11.8 Å². The number of benzene rings is 1. The van der Waals surface area contributed by atoms with Crippen LogP contribution in [-0.4, -0.2) is 66.4 Å². The number of nitrogens with zero attached hydrogens (tertiary/aromatic N) is 5. The van der Waals surface area contributed by atoms with Gasteiger partial charge in [-0.3, -0.25) is 4.90 Å². The van der Waals surface area contributed by atoms with E-state index in [-0.39, 0.29) is 0 Å². The Hall–Kier alpha value is -2.69. The van der Waals surface area contributed by atoms with Gasteiger partial charge in [-0.1, -0.05) is 6.07 Å². The molecule has 5 rings (SSSR count). The first-order chi connectivity index (χ1) is 16.2. The van der Waals surface area contributed by atoms with Crippen LogP contribution in [0.5, 0.6) is 0 Å². The van der Waals surface area contributed by atoms with Crippen LogP contribution >= 0.6 is 11.8 Å². The van der Waals surface area contributed by atoms with Crippen molar-refractivity contribution in [2.24, 2.45) is 0 Å². The summed E-state index contributed by atoms with van der Waals surface area (Å²) in [4.78, 5) is 15.7. The lowest BCUT2D eigenvalue weighted by Gasteiger charge is -2.36. The molecular formula is C26H32N6S. The van der Waals surface area contributed by atoms with Gasteiger partial charge in [0.05, 0.1) is 5.56 Å². The Morgan fingerprint density at radius 1 is 1.03 bits per heavy atom. The fraction of sp³-hybridized carbons (Fsp3) is 0.462. The second kappa shape index (κ2) is 10.1. The standard InChI is InChI=1S/C26H32N6S/c1-20-18-25(32-10-3-2-4-11-32)29-26(22(20)19-27)33-17-16-30-12-14-31(15-13-30)24-7-5-6-23-21(24)8-9-28-23/h5-9,18,28H,2-4,10-17H2,1H3. The summed E-state index contributed by atoms with van der Waals surface area (Å²) in [7, 11) is 0. The van der Waals surface area contributed by atoms with Gasteiger partial charge in [0.25, 0.3) is 0 Å².